The van der Waals surface area contributed by atoms with Crippen LogP contribution in [0.5, 0.6) is 0 Å². The van der Waals surface area contributed by atoms with Crippen molar-refractivity contribution in [1.82, 2.24) is 34.3 Å². The summed E-state index contributed by atoms with van der Waals surface area (Å²) >= 11 is 1.51. The third-order valence-corrected chi connectivity index (χ3v) is 5.81. The molecule has 3 aromatic heterocycles. The van der Waals surface area contributed by atoms with Gasteiger partial charge in [-0.1, -0.05) is 32.0 Å². The van der Waals surface area contributed by atoms with Crippen LogP contribution in [0.15, 0.2) is 22.2 Å². The molecule has 0 aromatic carbocycles. The largest absolute Gasteiger partial charge is 0.305 e. The third-order valence-electron chi connectivity index (χ3n) is 4.81. The quantitative estimate of drug-likeness (QED) is 0.536. The lowest BCUT2D eigenvalue weighted by Crippen LogP contribution is -2.23. The van der Waals surface area contributed by atoms with Gasteiger partial charge in [-0.2, -0.15) is 5.26 Å². The Hall–Kier alpha value is -2.64. The Bertz CT molecular complexity index is 1070. The highest BCUT2D eigenvalue weighted by Crippen LogP contribution is 2.27. The second kappa shape index (κ2) is 9.24. The van der Waals surface area contributed by atoms with Gasteiger partial charge in [0.15, 0.2) is 16.6 Å². The SMILES string of the molecule is CCCCn1c(SCc2cc(=O)n3[nH]cc(C#N)c3n2)nnc1C(CC)N(C)C. The first-order chi connectivity index (χ1) is 14.0. The smallest absolute Gasteiger partial charge is 0.272 e. The van der Waals surface area contributed by atoms with Crippen molar-refractivity contribution >= 4 is 17.4 Å². The molecule has 0 saturated heterocycles. The van der Waals surface area contributed by atoms with Gasteiger partial charge in [-0.05, 0) is 26.9 Å². The van der Waals surface area contributed by atoms with Gasteiger partial charge >= 0.3 is 0 Å². The molecular formula is C19H26N8OS. The Morgan fingerprint density at radius 1 is 1.34 bits per heavy atom. The van der Waals surface area contributed by atoms with Crippen LogP contribution in [0.4, 0.5) is 0 Å². The lowest BCUT2D eigenvalue weighted by atomic mass is 10.2. The molecule has 3 aromatic rings. The molecule has 29 heavy (non-hydrogen) atoms. The fourth-order valence-electron chi connectivity index (χ4n) is 3.28. The normalized spacial score (nSPS) is 12.6. The molecule has 0 spiro atoms. The van der Waals surface area contributed by atoms with Gasteiger partial charge in [0.1, 0.15) is 11.6 Å². The number of hydrogen-bond acceptors (Lipinski definition) is 7. The minimum Gasteiger partial charge on any atom is -0.305 e. The van der Waals surface area contributed by atoms with Crippen LogP contribution in [0, 0.1) is 11.3 Å². The van der Waals surface area contributed by atoms with Crippen molar-refractivity contribution in [2.75, 3.05) is 14.1 Å². The topological polar surface area (TPSA) is 108 Å². The van der Waals surface area contributed by atoms with E-state index in [4.69, 9.17) is 0 Å². The van der Waals surface area contributed by atoms with Crippen LogP contribution in [0.3, 0.4) is 0 Å². The van der Waals surface area contributed by atoms with Crippen molar-refractivity contribution < 1.29 is 0 Å². The lowest BCUT2D eigenvalue weighted by molar-refractivity contribution is 0.270. The second-order valence-electron chi connectivity index (χ2n) is 7.07. The summed E-state index contributed by atoms with van der Waals surface area (Å²) in [4.78, 5) is 18.9. The van der Waals surface area contributed by atoms with E-state index < -0.39 is 0 Å². The molecule has 0 radical (unpaired) electrons. The molecule has 0 bridgehead atoms. The van der Waals surface area contributed by atoms with Gasteiger partial charge in [0.05, 0.1) is 11.7 Å². The highest BCUT2D eigenvalue weighted by molar-refractivity contribution is 7.98. The van der Waals surface area contributed by atoms with Crippen molar-refractivity contribution in [3.63, 3.8) is 0 Å². The van der Waals surface area contributed by atoms with E-state index in [2.05, 4.69) is 63.8 Å². The monoisotopic (exact) mass is 414 g/mol. The summed E-state index contributed by atoms with van der Waals surface area (Å²) in [5, 5.41) is 21.7. The molecule has 10 heteroatoms. The van der Waals surface area contributed by atoms with Crippen LogP contribution in [-0.4, -0.2) is 48.4 Å². The number of unbranched alkanes of at least 4 members (excludes halogenated alkanes) is 1. The molecule has 9 nitrogen and oxygen atoms in total. The molecule has 0 aliphatic carbocycles. The van der Waals surface area contributed by atoms with Gasteiger partial charge in [0.2, 0.25) is 0 Å². The van der Waals surface area contributed by atoms with E-state index in [1.54, 1.807) is 0 Å². The molecule has 1 N–H and O–H groups in total. The van der Waals surface area contributed by atoms with Crippen LogP contribution < -0.4 is 5.56 Å². The van der Waals surface area contributed by atoms with E-state index in [1.165, 1.54) is 28.5 Å². The van der Waals surface area contributed by atoms with Gasteiger partial charge < -0.3 is 4.57 Å². The molecule has 0 amide bonds. The van der Waals surface area contributed by atoms with Crippen molar-refractivity contribution in [3.05, 3.63) is 39.7 Å². The van der Waals surface area contributed by atoms with E-state index in [9.17, 15) is 10.1 Å². The Balaban J connectivity index is 1.88. The number of nitriles is 1. The van der Waals surface area contributed by atoms with Crippen LogP contribution in [0.1, 0.15) is 56.2 Å². The van der Waals surface area contributed by atoms with E-state index in [1.807, 2.05) is 0 Å². The fraction of sp³-hybridized carbons (Fsp3) is 0.526. The summed E-state index contributed by atoms with van der Waals surface area (Å²) in [6, 6.07) is 3.74. The molecule has 1 atom stereocenters. The standard InChI is InChI=1S/C19H26N8OS/c1-5-7-8-26-18(15(6-2)25(3)4)23-24-19(26)29-12-14-9-16(28)27-17(22-14)13(10-20)11-21-27/h9,11,15,21H,5-8,12H2,1-4H3. The second-order valence-corrected chi connectivity index (χ2v) is 8.01. The maximum Gasteiger partial charge on any atom is 0.272 e. The summed E-state index contributed by atoms with van der Waals surface area (Å²) in [5.41, 5.74) is 1.07. The van der Waals surface area contributed by atoms with Crippen molar-refractivity contribution in [2.24, 2.45) is 0 Å². The predicted molar refractivity (Wildman–Crippen MR) is 112 cm³/mol. The summed E-state index contributed by atoms with van der Waals surface area (Å²) in [6.07, 6.45) is 4.56. The lowest BCUT2D eigenvalue weighted by Gasteiger charge is -2.23. The zero-order valence-corrected chi connectivity index (χ0v) is 18.0. The molecule has 3 rings (SSSR count). The molecule has 0 saturated carbocycles. The number of H-pyrrole nitrogens is 1. The van der Waals surface area contributed by atoms with Crippen molar-refractivity contribution in [3.8, 4) is 6.07 Å². The van der Waals surface area contributed by atoms with Crippen LogP contribution >= 0.6 is 11.8 Å². The molecule has 0 fully saturated rings. The Labute approximate surface area is 173 Å². The van der Waals surface area contributed by atoms with Gasteiger partial charge in [0.25, 0.3) is 5.56 Å². The van der Waals surface area contributed by atoms with Crippen LogP contribution in [-0.2, 0) is 12.3 Å². The minimum absolute atomic E-state index is 0.200. The average Bonchev–Trinajstić information content (AvgIpc) is 3.29. The number of aromatic amines is 1. The van der Waals surface area contributed by atoms with Gasteiger partial charge in [-0.3, -0.25) is 14.8 Å². The van der Waals surface area contributed by atoms with Crippen LogP contribution in [0.2, 0.25) is 0 Å². The molecule has 0 aliphatic heterocycles. The Morgan fingerprint density at radius 3 is 2.79 bits per heavy atom. The van der Waals surface area contributed by atoms with E-state index >= 15 is 0 Å². The summed E-state index contributed by atoms with van der Waals surface area (Å²) < 4.78 is 3.46. The number of rotatable bonds is 9. The predicted octanol–water partition coefficient (Wildman–Crippen LogP) is 2.59. The first-order valence-corrected chi connectivity index (χ1v) is 10.7. The maximum atomic E-state index is 12.3. The molecule has 1 unspecified atom stereocenters. The summed E-state index contributed by atoms with van der Waals surface area (Å²) in [5.74, 6) is 1.44. The minimum atomic E-state index is -0.237. The first-order valence-electron chi connectivity index (χ1n) is 9.72. The van der Waals surface area contributed by atoms with Gasteiger partial charge in [0, 0.05) is 24.6 Å². The number of nitrogens with one attached hydrogen (secondary N) is 1. The Morgan fingerprint density at radius 2 is 2.14 bits per heavy atom. The molecule has 154 valence electrons. The highest BCUT2D eigenvalue weighted by atomic mass is 32.2. The zero-order valence-electron chi connectivity index (χ0n) is 17.2. The molecular weight excluding hydrogens is 388 g/mol. The third kappa shape index (κ3) is 4.36. The highest BCUT2D eigenvalue weighted by Gasteiger charge is 2.22. The van der Waals surface area contributed by atoms with E-state index in [0.717, 1.165) is 36.8 Å². The summed E-state index contributed by atoms with van der Waals surface area (Å²) in [7, 11) is 4.10. The number of hydrogen-bond donors (Lipinski definition) is 1. The number of thioether (sulfide) groups is 1. The maximum absolute atomic E-state index is 12.3. The van der Waals surface area contributed by atoms with E-state index in [0.29, 0.717) is 22.7 Å². The first kappa shape index (κ1) is 21.1. The number of aromatic nitrogens is 6. The average molecular weight is 415 g/mol. The fourth-order valence-corrected chi connectivity index (χ4v) is 4.15. The number of nitrogens with zero attached hydrogens (tertiary/aromatic N) is 7. The number of fused-ring (bicyclic) bond motifs is 1. The summed E-state index contributed by atoms with van der Waals surface area (Å²) in [6.45, 7) is 5.17. The van der Waals surface area contributed by atoms with Crippen molar-refractivity contribution in [1.29, 1.82) is 5.26 Å². The van der Waals surface area contributed by atoms with Crippen LogP contribution in [0.25, 0.3) is 5.65 Å². The molecule has 0 aliphatic rings. The Kier molecular flexibility index (Phi) is 6.71. The zero-order chi connectivity index (χ0) is 21.0. The van der Waals surface area contributed by atoms with Gasteiger partial charge in [-0.15, -0.1) is 10.2 Å². The van der Waals surface area contributed by atoms with E-state index in [-0.39, 0.29) is 11.6 Å². The van der Waals surface area contributed by atoms with Crippen molar-refractivity contribution in [2.45, 2.75) is 56.6 Å². The van der Waals surface area contributed by atoms with Gasteiger partial charge in [-0.25, -0.2) is 9.50 Å². The molecule has 3 heterocycles.